The van der Waals surface area contributed by atoms with Crippen molar-refractivity contribution in [2.24, 2.45) is 0 Å². The van der Waals surface area contributed by atoms with Gasteiger partial charge in [-0.05, 0) is 58.3 Å². The Hall–Kier alpha value is -2.14. The van der Waals surface area contributed by atoms with E-state index in [-0.39, 0.29) is 5.91 Å². The van der Waals surface area contributed by atoms with Gasteiger partial charge in [0.05, 0.1) is 17.8 Å². The van der Waals surface area contributed by atoms with Crippen LogP contribution in [0.4, 0.5) is 0 Å². The molecule has 0 bridgehead atoms. The molecule has 2 aromatic rings. The first-order valence-electron chi connectivity index (χ1n) is 10.2. The Morgan fingerprint density at radius 3 is 2.48 bits per heavy atom. The third kappa shape index (κ3) is 5.42. The maximum Gasteiger partial charge on any atom is 0.255 e. The first-order chi connectivity index (χ1) is 13.1. The van der Waals surface area contributed by atoms with Gasteiger partial charge in [-0.1, -0.05) is 43.2 Å². The molecule has 1 amide bonds. The smallest absolute Gasteiger partial charge is 0.255 e. The maximum atomic E-state index is 12.7. The molecule has 1 aromatic heterocycles. The molecule has 1 aromatic carbocycles. The number of amides is 1. The number of nitrogens with one attached hydrogen (secondary N) is 1. The van der Waals surface area contributed by atoms with Gasteiger partial charge in [0, 0.05) is 12.2 Å². The quantitative estimate of drug-likeness (QED) is 0.761. The number of aryl methyl sites for hydroxylation is 1. The van der Waals surface area contributed by atoms with Crippen LogP contribution in [0.2, 0.25) is 0 Å². The second-order valence-corrected chi connectivity index (χ2v) is 7.55. The number of hydrogen-bond acceptors (Lipinski definition) is 3. The van der Waals surface area contributed by atoms with Crippen LogP contribution < -0.4 is 5.32 Å². The van der Waals surface area contributed by atoms with Crippen LogP contribution in [0.25, 0.3) is 0 Å². The zero-order chi connectivity index (χ0) is 19.1. The molecule has 27 heavy (non-hydrogen) atoms. The number of carbonyl (C=O) groups is 1. The predicted octanol–water partition coefficient (Wildman–Crippen LogP) is 3.54. The first-order valence-corrected chi connectivity index (χ1v) is 10.2. The summed E-state index contributed by atoms with van der Waals surface area (Å²) < 4.78 is 1.93. The fraction of sp³-hybridized carbons (Fsp3) is 0.545. The summed E-state index contributed by atoms with van der Waals surface area (Å²) in [6.07, 6.45) is 6.34. The second kappa shape index (κ2) is 9.70. The largest absolute Gasteiger partial charge is 0.352 e. The second-order valence-electron chi connectivity index (χ2n) is 7.55. The number of hydrogen-bond donors (Lipinski definition) is 1. The van der Waals surface area contributed by atoms with Crippen LogP contribution in [-0.4, -0.2) is 46.8 Å². The summed E-state index contributed by atoms with van der Waals surface area (Å²) in [5.41, 5.74) is 3.64. The molecule has 5 nitrogen and oxygen atoms in total. The number of nitrogens with zero attached hydrogens (tertiary/aromatic N) is 3. The molecule has 0 unspecified atom stereocenters. The molecule has 0 saturated carbocycles. The summed E-state index contributed by atoms with van der Waals surface area (Å²) in [7, 11) is 0. The molecule has 1 aliphatic rings. The van der Waals surface area contributed by atoms with Gasteiger partial charge in [0.1, 0.15) is 0 Å². The summed E-state index contributed by atoms with van der Waals surface area (Å²) in [5, 5.41) is 7.68. The number of rotatable bonds is 7. The Bertz CT molecular complexity index is 730. The van der Waals surface area contributed by atoms with Crippen LogP contribution in [-0.2, 0) is 6.54 Å². The van der Waals surface area contributed by atoms with Gasteiger partial charge in [0.2, 0.25) is 0 Å². The average Bonchev–Trinajstić information content (AvgIpc) is 2.84. The Balaban J connectivity index is 1.52. The molecule has 0 atom stereocenters. The van der Waals surface area contributed by atoms with E-state index in [0.717, 1.165) is 36.5 Å². The highest BCUT2D eigenvalue weighted by Crippen LogP contribution is 2.15. The monoisotopic (exact) mass is 368 g/mol. The number of benzene rings is 1. The molecule has 5 heteroatoms. The summed E-state index contributed by atoms with van der Waals surface area (Å²) in [4.78, 5) is 15.2. The van der Waals surface area contributed by atoms with E-state index in [1.807, 2.05) is 36.7 Å². The van der Waals surface area contributed by atoms with Gasteiger partial charge in [0.15, 0.2) is 0 Å². The Kier molecular flexibility index (Phi) is 7.04. The van der Waals surface area contributed by atoms with Crippen LogP contribution in [0.1, 0.15) is 59.4 Å². The molecular formula is C22H32N4O. The summed E-state index contributed by atoms with van der Waals surface area (Å²) in [5.74, 6) is 0.000165. The van der Waals surface area contributed by atoms with Crippen molar-refractivity contribution in [2.75, 3.05) is 26.2 Å². The standard InChI is InChI=1S/C22H32N4O/c1-18-21(19(2)26(24-18)17-20-11-6-5-7-12-20)22(27)23-13-10-16-25-14-8-3-4-9-15-25/h5-7,11-12H,3-4,8-10,13-17H2,1-2H3,(H,23,27). The highest BCUT2D eigenvalue weighted by Gasteiger charge is 2.18. The molecule has 1 N–H and O–H groups in total. The van der Waals surface area contributed by atoms with Crippen molar-refractivity contribution in [3.8, 4) is 0 Å². The van der Waals surface area contributed by atoms with Crippen molar-refractivity contribution in [2.45, 2.75) is 52.5 Å². The minimum atomic E-state index is 0.000165. The summed E-state index contributed by atoms with van der Waals surface area (Å²) in [6, 6.07) is 10.2. The van der Waals surface area contributed by atoms with E-state index in [1.165, 1.54) is 44.3 Å². The summed E-state index contributed by atoms with van der Waals surface area (Å²) in [6.45, 7) is 8.80. The predicted molar refractivity (Wildman–Crippen MR) is 109 cm³/mol. The van der Waals surface area contributed by atoms with Crippen molar-refractivity contribution in [3.63, 3.8) is 0 Å². The normalized spacial score (nSPS) is 15.5. The van der Waals surface area contributed by atoms with Crippen LogP contribution in [0.5, 0.6) is 0 Å². The van der Waals surface area contributed by atoms with E-state index in [4.69, 9.17) is 0 Å². The zero-order valence-corrected chi connectivity index (χ0v) is 16.7. The molecule has 0 spiro atoms. The van der Waals surface area contributed by atoms with Crippen molar-refractivity contribution in [3.05, 3.63) is 52.8 Å². The fourth-order valence-corrected chi connectivity index (χ4v) is 3.89. The van der Waals surface area contributed by atoms with Gasteiger partial charge >= 0.3 is 0 Å². The summed E-state index contributed by atoms with van der Waals surface area (Å²) >= 11 is 0. The van der Waals surface area contributed by atoms with Crippen molar-refractivity contribution < 1.29 is 4.79 Å². The minimum absolute atomic E-state index is 0.000165. The molecule has 1 aliphatic heterocycles. The topological polar surface area (TPSA) is 50.2 Å². The van der Waals surface area contributed by atoms with Crippen LogP contribution in [0, 0.1) is 13.8 Å². The Labute approximate surface area is 162 Å². The molecule has 1 saturated heterocycles. The molecule has 3 rings (SSSR count). The van der Waals surface area contributed by atoms with Gasteiger partial charge in [-0.15, -0.1) is 0 Å². The fourth-order valence-electron chi connectivity index (χ4n) is 3.89. The third-order valence-corrected chi connectivity index (χ3v) is 5.42. The minimum Gasteiger partial charge on any atom is -0.352 e. The van der Waals surface area contributed by atoms with E-state index >= 15 is 0 Å². The number of carbonyl (C=O) groups excluding carboxylic acids is 1. The van der Waals surface area contributed by atoms with Crippen molar-refractivity contribution >= 4 is 5.91 Å². The Morgan fingerprint density at radius 2 is 1.78 bits per heavy atom. The van der Waals surface area contributed by atoms with Crippen molar-refractivity contribution in [1.82, 2.24) is 20.0 Å². The number of aromatic nitrogens is 2. The van der Waals surface area contributed by atoms with Crippen LogP contribution in [0.15, 0.2) is 30.3 Å². The van der Waals surface area contributed by atoms with E-state index in [9.17, 15) is 4.79 Å². The van der Waals surface area contributed by atoms with E-state index in [0.29, 0.717) is 6.54 Å². The average molecular weight is 369 g/mol. The Morgan fingerprint density at radius 1 is 1.07 bits per heavy atom. The van der Waals surface area contributed by atoms with E-state index < -0.39 is 0 Å². The van der Waals surface area contributed by atoms with Crippen LogP contribution >= 0.6 is 0 Å². The molecule has 1 fully saturated rings. The van der Waals surface area contributed by atoms with E-state index in [2.05, 4.69) is 27.4 Å². The molecule has 146 valence electrons. The lowest BCUT2D eigenvalue weighted by Crippen LogP contribution is -2.31. The first kappa shape index (κ1) is 19.6. The number of likely N-dealkylation sites (tertiary alicyclic amines) is 1. The lowest BCUT2D eigenvalue weighted by Gasteiger charge is -2.19. The third-order valence-electron chi connectivity index (χ3n) is 5.42. The SMILES string of the molecule is Cc1nn(Cc2ccccc2)c(C)c1C(=O)NCCCN1CCCCCC1. The van der Waals surface area contributed by atoms with Gasteiger partial charge in [-0.2, -0.15) is 5.10 Å². The molecule has 0 aliphatic carbocycles. The molecule has 2 heterocycles. The van der Waals surface area contributed by atoms with E-state index in [1.54, 1.807) is 0 Å². The lowest BCUT2D eigenvalue weighted by atomic mass is 10.1. The lowest BCUT2D eigenvalue weighted by molar-refractivity contribution is 0.0950. The molecular weight excluding hydrogens is 336 g/mol. The maximum absolute atomic E-state index is 12.7. The van der Waals surface area contributed by atoms with Gasteiger partial charge in [0.25, 0.3) is 5.91 Å². The van der Waals surface area contributed by atoms with Crippen LogP contribution in [0.3, 0.4) is 0 Å². The van der Waals surface area contributed by atoms with Crippen molar-refractivity contribution in [1.29, 1.82) is 0 Å². The van der Waals surface area contributed by atoms with Gasteiger partial charge < -0.3 is 10.2 Å². The van der Waals surface area contributed by atoms with Gasteiger partial charge in [-0.25, -0.2) is 0 Å². The highest BCUT2D eigenvalue weighted by molar-refractivity contribution is 5.96. The zero-order valence-electron chi connectivity index (χ0n) is 16.7. The van der Waals surface area contributed by atoms with Gasteiger partial charge in [-0.3, -0.25) is 9.48 Å². The highest BCUT2D eigenvalue weighted by atomic mass is 16.1. The molecule has 0 radical (unpaired) electrons.